The Morgan fingerprint density at radius 2 is 1.87 bits per heavy atom. The van der Waals surface area contributed by atoms with Gasteiger partial charge in [-0.15, -0.1) is 11.6 Å². The SMILES string of the molecule is O=C(O)C(CCl)C(=O)c1ccc(F)cc1. The van der Waals surface area contributed by atoms with E-state index in [1.165, 1.54) is 12.1 Å². The number of carbonyl (C=O) groups excluding carboxylic acids is 1. The standard InChI is InChI=1S/C10H8ClFO3/c11-5-8(10(14)15)9(13)6-1-3-7(12)4-2-6/h1-4,8H,5H2,(H,14,15). The molecule has 1 rings (SSSR count). The number of carbonyl (C=O) groups is 2. The molecule has 0 amide bonds. The Labute approximate surface area is 90.5 Å². The summed E-state index contributed by atoms with van der Waals surface area (Å²) in [7, 11) is 0. The van der Waals surface area contributed by atoms with Crippen LogP contribution in [-0.4, -0.2) is 22.7 Å². The summed E-state index contributed by atoms with van der Waals surface area (Å²) in [6.45, 7) is 0. The molecule has 80 valence electrons. The van der Waals surface area contributed by atoms with E-state index in [9.17, 15) is 14.0 Å². The van der Waals surface area contributed by atoms with Crippen molar-refractivity contribution in [1.29, 1.82) is 0 Å². The Bertz CT molecular complexity index is 375. The van der Waals surface area contributed by atoms with Crippen molar-refractivity contribution in [1.82, 2.24) is 0 Å². The summed E-state index contributed by atoms with van der Waals surface area (Å²) in [5.74, 6) is -3.95. The lowest BCUT2D eigenvalue weighted by molar-refractivity contribution is -0.139. The normalized spacial score (nSPS) is 12.1. The first-order chi connectivity index (χ1) is 7.06. The number of halogens is 2. The number of carboxylic acids is 1. The molecular weight excluding hydrogens is 223 g/mol. The third kappa shape index (κ3) is 2.76. The summed E-state index contributed by atoms with van der Waals surface area (Å²) >= 11 is 5.36. The maximum atomic E-state index is 12.5. The molecule has 0 radical (unpaired) electrons. The van der Waals surface area contributed by atoms with E-state index in [4.69, 9.17) is 16.7 Å². The average Bonchev–Trinajstić information content (AvgIpc) is 2.19. The summed E-state index contributed by atoms with van der Waals surface area (Å²) in [5.41, 5.74) is 0.143. The molecule has 1 aromatic rings. The van der Waals surface area contributed by atoms with Crippen molar-refractivity contribution in [2.24, 2.45) is 5.92 Å². The van der Waals surface area contributed by atoms with Gasteiger partial charge in [0.15, 0.2) is 5.78 Å². The molecule has 1 unspecified atom stereocenters. The van der Waals surface area contributed by atoms with Crippen molar-refractivity contribution in [3.8, 4) is 0 Å². The van der Waals surface area contributed by atoms with Crippen LogP contribution in [0.3, 0.4) is 0 Å². The van der Waals surface area contributed by atoms with Gasteiger partial charge in [-0.1, -0.05) is 0 Å². The highest BCUT2D eigenvalue weighted by Gasteiger charge is 2.26. The van der Waals surface area contributed by atoms with E-state index in [1.807, 2.05) is 0 Å². The molecule has 0 aliphatic carbocycles. The Kier molecular flexibility index (Phi) is 3.80. The topological polar surface area (TPSA) is 54.4 Å². The fraction of sp³-hybridized carbons (Fsp3) is 0.200. The summed E-state index contributed by atoms with van der Waals surface area (Å²) in [6.07, 6.45) is 0. The summed E-state index contributed by atoms with van der Waals surface area (Å²) < 4.78 is 12.5. The van der Waals surface area contributed by atoms with E-state index in [1.54, 1.807) is 0 Å². The highest BCUT2D eigenvalue weighted by atomic mass is 35.5. The van der Waals surface area contributed by atoms with Crippen LogP contribution < -0.4 is 0 Å². The molecule has 0 saturated carbocycles. The number of rotatable bonds is 4. The first-order valence-corrected chi connectivity index (χ1v) is 4.68. The van der Waals surface area contributed by atoms with Crippen molar-refractivity contribution in [2.45, 2.75) is 0 Å². The van der Waals surface area contributed by atoms with Gasteiger partial charge in [0, 0.05) is 11.4 Å². The number of hydrogen-bond donors (Lipinski definition) is 1. The molecule has 0 saturated heterocycles. The minimum Gasteiger partial charge on any atom is -0.481 e. The molecule has 0 bridgehead atoms. The van der Waals surface area contributed by atoms with Gasteiger partial charge in [-0.05, 0) is 24.3 Å². The maximum Gasteiger partial charge on any atom is 0.315 e. The van der Waals surface area contributed by atoms with Crippen molar-refractivity contribution in [3.63, 3.8) is 0 Å². The van der Waals surface area contributed by atoms with E-state index < -0.39 is 23.5 Å². The Hall–Kier alpha value is -1.42. The summed E-state index contributed by atoms with van der Waals surface area (Å²) in [5, 5.41) is 8.68. The first kappa shape index (κ1) is 11.7. The molecule has 5 heteroatoms. The average molecular weight is 231 g/mol. The van der Waals surface area contributed by atoms with E-state index in [0.717, 1.165) is 12.1 Å². The molecule has 0 spiro atoms. The van der Waals surface area contributed by atoms with Gasteiger partial charge in [-0.3, -0.25) is 9.59 Å². The van der Waals surface area contributed by atoms with Crippen molar-refractivity contribution < 1.29 is 19.1 Å². The number of alkyl halides is 1. The van der Waals surface area contributed by atoms with Gasteiger partial charge >= 0.3 is 5.97 Å². The van der Waals surface area contributed by atoms with Crippen molar-refractivity contribution in [3.05, 3.63) is 35.6 Å². The zero-order valence-corrected chi connectivity index (χ0v) is 8.37. The number of benzene rings is 1. The molecular formula is C10H8ClFO3. The molecule has 0 heterocycles. The first-order valence-electron chi connectivity index (χ1n) is 4.15. The second-order valence-corrected chi connectivity index (χ2v) is 3.22. The molecule has 15 heavy (non-hydrogen) atoms. The van der Waals surface area contributed by atoms with Gasteiger partial charge in [0.2, 0.25) is 0 Å². The molecule has 1 N–H and O–H groups in total. The number of hydrogen-bond acceptors (Lipinski definition) is 2. The zero-order chi connectivity index (χ0) is 11.4. The third-order valence-electron chi connectivity index (χ3n) is 1.90. The lowest BCUT2D eigenvalue weighted by Crippen LogP contribution is -2.25. The maximum absolute atomic E-state index is 12.5. The van der Waals surface area contributed by atoms with Crippen LogP contribution in [-0.2, 0) is 4.79 Å². The van der Waals surface area contributed by atoms with Gasteiger partial charge in [0.25, 0.3) is 0 Å². The van der Waals surface area contributed by atoms with E-state index in [0.29, 0.717) is 0 Å². The smallest absolute Gasteiger partial charge is 0.315 e. The van der Waals surface area contributed by atoms with E-state index >= 15 is 0 Å². The minimum absolute atomic E-state index is 0.143. The van der Waals surface area contributed by atoms with E-state index in [2.05, 4.69) is 0 Å². The van der Waals surface area contributed by atoms with Crippen LogP contribution in [0, 0.1) is 11.7 Å². The van der Waals surface area contributed by atoms with Crippen LogP contribution in [0.2, 0.25) is 0 Å². The summed E-state index contributed by atoms with van der Waals surface area (Å²) in [4.78, 5) is 22.2. The Balaban J connectivity index is 2.93. The van der Waals surface area contributed by atoms with Crippen LogP contribution >= 0.6 is 11.6 Å². The Morgan fingerprint density at radius 1 is 1.33 bits per heavy atom. The lowest BCUT2D eigenvalue weighted by Gasteiger charge is -2.07. The molecule has 1 aromatic carbocycles. The van der Waals surface area contributed by atoms with Gasteiger partial charge in [0.05, 0.1) is 0 Å². The van der Waals surface area contributed by atoms with E-state index in [-0.39, 0.29) is 11.4 Å². The predicted octanol–water partition coefficient (Wildman–Crippen LogP) is 1.95. The second-order valence-electron chi connectivity index (χ2n) is 2.92. The highest BCUT2D eigenvalue weighted by molar-refractivity contribution is 6.23. The predicted molar refractivity (Wildman–Crippen MR) is 52.6 cm³/mol. The molecule has 0 aliphatic rings. The van der Waals surface area contributed by atoms with Gasteiger partial charge in [0.1, 0.15) is 11.7 Å². The lowest BCUT2D eigenvalue weighted by atomic mass is 9.99. The molecule has 0 aromatic heterocycles. The van der Waals surface area contributed by atoms with Crippen LogP contribution in [0.4, 0.5) is 4.39 Å². The number of aliphatic carboxylic acids is 1. The van der Waals surface area contributed by atoms with Crippen LogP contribution in [0.1, 0.15) is 10.4 Å². The van der Waals surface area contributed by atoms with Crippen LogP contribution in [0.5, 0.6) is 0 Å². The van der Waals surface area contributed by atoms with Crippen molar-refractivity contribution >= 4 is 23.4 Å². The van der Waals surface area contributed by atoms with Crippen LogP contribution in [0.25, 0.3) is 0 Å². The zero-order valence-electron chi connectivity index (χ0n) is 7.61. The fourth-order valence-corrected chi connectivity index (χ4v) is 1.34. The number of Topliss-reactive ketones (excluding diaryl/α,β-unsaturated/α-hetero) is 1. The quantitative estimate of drug-likeness (QED) is 0.489. The Morgan fingerprint density at radius 3 is 2.27 bits per heavy atom. The van der Waals surface area contributed by atoms with Gasteiger partial charge in [-0.25, -0.2) is 4.39 Å². The van der Waals surface area contributed by atoms with Gasteiger partial charge < -0.3 is 5.11 Å². The highest BCUT2D eigenvalue weighted by Crippen LogP contribution is 2.12. The number of carboxylic acid groups (broad SMARTS) is 1. The molecule has 3 nitrogen and oxygen atoms in total. The van der Waals surface area contributed by atoms with Gasteiger partial charge in [-0.2, -0.15) is 0 Å². The number of ketones is 1. The molecule has 0 fully saturated rings. The second kappa shape index (κ2) is 4.89. The summed E-state index contributed by atoms with van der Waals surface area (Å²) in [6, 6.07) is 4.67. The van der Waals surface area contributed by atoms with Crippen LogP contribution in [0.15, 0.2) is 24.3 Å². The minimum atomic E-state index is -1.28. The molecule has 1 atom stereocenters. The monoisotopic (exact) mass is 230 g/mol. The fourth-order valence-electron chi connectivity index (χ4n) is 1.06. The van der Waals surface area contributed by atoms with Crippen molar-refractivity contribution in [2.75, 3.05) is 5.88 Å². The third-order valence-corrected chi connectivity index (χ3v) is 2.21. The largest absolute Gasteiger partial charge is 0.481 e. The molecule has 0 aliphatic heterocycles.